The van der Waals surface area contributed by atoms with E-state index >= 15 is 0 Å². The molecule has 0 unspecified atom stereocenters. The number of nitrogens with zero attached hydrogens (tertiary/aromatic N) is 4. The second kappa shape index (κ2) is 5.81. The molecule has 7 heteroatoms. The van der Waals surface area contributed by atoms with Crippen molar-refractivity contribution >= 4 is 17.2 Å². The zero-order valence-electron chi connectivity index (χ0n) is 12.3. The Kier molecular flexibility index (Phi) is 3.67. The fourth-order valence-corrected chi connectivity index (χ4v) is 3.34. The summed E-state index contributed by atoms with van der Waals surface area (Å²) in [6.07, 6.45) is 2.56. The Bertz CT molecular complexity index is 663. The third-order valence-corrected chi connectivity index (χ3v) is 5.01. The van der Waals surface area contributed by atoms with E-state index in [9.17, 15) is 4.79 Å². The molecule has 0 radical (unpaired) electrons. The van der Waals surface area contributed by atoms with Crippen molar-refractivity contribution in [3.05, 3.63) is 33.8 Å². The van der Waals surface area contributed by atoms with Crippen molar-refractivity contribution < 1.29 is 9.53 Å². The number of carbonyl (C=O) groups is 1. The molecule has 1 aliphatic heterocycles. The van der Waals surface area contributed by atoms with Crippen molar-refractivity contribution in [2.45, 2.75) is 32.5 Å². The lowest BCUT2D eigenvalue weighted by Crippen LogP contribution is -2.38. The highest BCUT2D eigenvalue weighted by Gasteiger charge is 2.27. The third-order valence-electron chi connectivity index (χ3n) is 4.15. The predicted octanol–water partition coefficient (Wildman–Crippen LogP) is 1.92. The van der Waals surface area contributed by atoms with Crippen LogP contribution in [-0.2, 0) is 24.4 Å². The van der Waals surface area contributed by atoms with Gasteiger partial charge in [-0.2, -0.15) is 0 Å². The molecule has 22 heavy (non-hydrogen) atoms. The Hall–Kier alpha value is -1.73. The van der Waals surface area contributed by atoms with E-state index in [1.165, 1.54) is 24.2 Å². The molecule has 1 fully saturated rings. The molecule has 0 bridgehead atoms. The maximum Gasteiger partial charge on any atom is 0.264 e. The number of amides is 1. The van der Waals surface area contributed by atoms with Crippen LogP contribution in [0.5, 0.6) is 0 Å². The zero-order chi connectivity index (χ0) is 14.9. The van der Waals surface area contributed by atoms with Gasteiger partial charge in [-0.3, -0.25) is 4.79 Å². The summed E-state index contributed by atoms with van der Waals surface area (Å²) < 4.78 is 7.62. The third kappa shape index (κ3) is 2.78. The summed E-state index contributed by atoms with van der Waals surface area (Å²) >= 11 is 1.48. The van der Waals surface area contributed by atoms with Gasteiger partial charge in [0, 0.05) is 13.2 Å². The first-order chi connectivity index (χ1) is 10.8. The Morgan fingerprint density at radius 3 is 3.09 bits per heavy atom. The molecular weight excluding hydrogens is 300 g/mol. The van der Waals surface area contributed by atoms with Gasteiger partial charge >= 0.3 is 0 Å². The molecule has 3 heterocycles. The van der Waals surface area contributed by atoms with Gasteiger partial charge in [-0.15, -0.1) is 16.4 Å². The van der Waals surface area contributed by atoms with E-state index in [-0.39, 0.29) is 5.91 Å². The Morgan fingerprint density at radius 2 is 2.32 bits per heavy atom. The number of ether oxygens (including phenoxy) is 1. The fraction of sp³-hybridized carbons (Fsp3) is 0.533. The summed E-state index contributed by atoms with van der Waals surface area (Å²) in [5, 5.41) is 10.3. The van der Waals surface area contributed by atoms with Gasteiger partial charge < -0.3 is 9.64 Å². The van der Waals surface area contributed by atoms with Gasteiger partial charge in [-0.1, -0.05) is 11.3 Å². The van der Waals surface area contributed by atoms with Crippen molar-refractivity contribution in [3.63, 3.8) is 0 Å². The van der Waals surface area contributed by atoms with E-state index in [1.807, 2.05) is 27.1 Å². The van der Waals surface area contributed by atoms with Crippen LogP contribution >= 0.6 is 11.3 Å². The molecule has 0 N–H and O–H groups in total. The number of fused-ring (bicyclic) bond motifs is 1. The molecule has 2 aromatic heterocycles. The minimum absolute atomic E-state index is 0.0901. The van der Waals surface area contributed by atoms with Gasteiger partial charge in [-0.05, 0) is 30.2 Å². The van der Waals surface area contributed by atoms with Gasteiger partial charge in [0.1, 0.15) is 5.69 Å². The number of aromatic nitrogens is 3. The monoisotopic (exact) mass is 318 g/mol. The van der Waals surface area contributed by atoms with Crippen LogP contribution in [0, 0.1) is 5.92 Å². The molecule has 0 saturated heterocycles. The Morgan fingerprint density at radius 1 is 1.41 bits per heavy atom. The van der Waals surface area contributed by atoms with Crippen molar-refractivity contribution in [2.75, 3.05) is 13.2 Å². The van der Waals surface area contributed by atoms with Crippen LogP contribution < -0.4 is 0 Å². The smallest absolute Gasteiger partial charge is 0.264 e. The highest BCUT2D eigenvalue weighted by Crippen LogP contribution is 2.29. The topological polar surface area (TPSA) is 60.2 Å². The lowest BCUT2D eigenvalue weighted by molar-refractivity contribution is 0.0704. The van der Waals surface area contributed by atoms with Gasteiger partial charge in [-0.25, -0.2) is 4.68 Å². The fourth-order valence-electron chi connectivity index (χ4n) is 2.64. The number of hydrogen-bond acceptors (Lipinski definition) is 5. The van der Waals surface area contributed by atoms with Crippen LogP contribution in [-0.4, -0.2) is 39.0 Å². The molecule has 1 aliphatic carbocycles. The predicted molar refractivity (Wildman–Crippen MR) is 81.5 cm³/mol. The van der Waals surface area contributed by atoms with Crippen molar-refractivity contribution in [3.8, 4) is 0 Å². The molecule has 116 valence electrons. The molecule has 6 nitrogen and oxygen atoms in total. The summed E-state index contributed by atoms with van der Waals surface area (Å²) in [5.74, 6) is 0.829. The standard InChI is InChI=1S/C15H18N4O2S/c20-15(14-2-1-7-22-14)18-5-6-19-13(8-18)12(16-17-19)10-21-9-11-3-4-11/h1-2,7,11H,3-6,8-10H2. The molecule has 0 aromatic carbocycles. The average molecular weight is 318 g/mol. The molecular formula is C15H18N4O2S. The normalized spacial score (nSPS) is 17.5. The maximum atomic E-state index is 12.5. The van der Waals surface area contributed by atoms with Crippen LogP contribution in [0.1, 0.15) is 33.9 Å². The van der Waals surface area contributed by atoms with Gasteiger partial charge in [0.15, 0.2) is 0 Å². The number of rotatable bonds is 5. The molecule has 0 spiro atoms. The van der Waals surface area contributed by atoms with Crippen LogP contribution in [0.15, 0.2) is 17.5 Å². The molecule has 4 rings (SSSR count). The first kappa shape index (κ1) is 13.9. The minimum atomic E-state index is 0.0901. The first-order valence-corrected chi connectivity index (χ1v) is 8.51. The van der Waals surface area contributed by atoms with E-state index in [1.54, 1.807) is 0 Å². The van der Waals surface area contributed by atoms with E-state index in [0.29, 0.717) is 26.2 Å². The van der Waals surface area contributed by atoms with E-state index in [0.717, 1.165) is 28.8 Å². The quantitative estimate of drug-likeness (QED) is 0.845. The number of hydrogen-bond donors (Lipinski definition) is 0. The molecule has 1 amide bonds. The van der Waals surface area contributed by atoms with Gasteiger partial charge in [0.2, 0.25) is 0 Å². The van der Waals surface area contributed by atoms with E-state index < -0.39 is 0 Å². The highest BCUT2D eigenvalue weighted by atomic mass is 32.1. The van der Waals surface area contributed by atoms with Crippen LogP contribution in [0.2, 0.25) is 0 Å². The van der Waals surface area contributed by atoms with E-state index in [4.69, 9.17) is 4.74 Å². The summed E-state index contributed by atoms with van der Waals surface area (Å²) in [6, 6.07) is 3.78. The van der Waals surface area contributed by atoms with Gasteiger partial charge in [0.25, 0.3) is 5.91 Å². The van der Waals surface area contributed by atoms with Crippen molar-refractivity contribution in [1.82, 2.24) is 19.9 Å². The maximum absolute atomic E-state index is 12.5. The first-order valence-electron chi connectivity index (χ1n) is 7.63. The molecule has 1 saturated carbocycles. The number of carbonyl (C=O) groups excluding carboxylic acids is 1. The van der Waals surface area contributed by atoms with E-state index in [2.05, 4.69) is 10.3 Å². The van der Waals surface area contributed by atoms with Crippen LogP contribution in [0.25, 0.3) is 0 Å². The summed E-state index contributed by atoms with van der Waals surface area (Å²) in [4.78, 5) is 15.1. The van der Waals surface area contributed by atoms with Crippen molar-refractivity contribution in [2.24, 2.45) is 5.92 Å². The molecule has 0 atom stereocenters. The average Bonchev–Trinajstić information content (AvgIpc) is 3.05. The highest BCUT2D eigenvalue weighted by molar-refractivity contribution is 7.12. The van der Waals surface area contributed by atoms with Crippen molar-refractivity contribution in [1.29, 1.82) is 0 Å². The lowest BCUT2D eigenvalue weighted by atomic mass is 10.2. The van der Waals surface area contributed by atoms with Crippen LogP contribution in [0.4, 0.5) is 0 Å². The summed E-state index contributed by atoms with van der Waals surface area (Å²) in [5.41, 5.74) is 1.87. The largest absolute Gasteiger partial charge is 0.375 e. The molecule has 2 aliphatic rings. The second-order valence-corrected chi connectivity index (χ2v) is 6.82. The number of thiophene rings is 1. The van der Waals surface area contributed by atoms with Crippen LogP contribution in [0.3, 0.4) is 0 Å². The summed E-state index contributed by atoms with van der Waals surface area (Å²) in [7, 11) is 0. The second-order valence-electron chi connectivity index (χ2n) is 5.87. The van der Waals surface area contributed by atoms with Gasteiger partial charge in [0.05, 0.1) is 30.3 Å². The Balaban J connectivity index is 1.44. The minimum Gasteiger partial charge on any atom is -0.375 e. The SMILES string of the molecule is O=C(c1cccs1)N1CCn2nnc(COCC3CC3)c2C1. The lowest BCUT2D eigenvalue weighted by Gasteiger charge is -2.27. The zero-order valence-corrected chi connectivity index (χ0v) is 13.1. The Labute approximate surface area is 132 Å². The summed E-state index contributed by atoms with van der Waals surface area (Å²) in [6.45, 7) is 3.24. The molecule has 2 aromatic rings.